The SMILES string of the molecule is CC.O=C1CCCC(c2ccc(O)cc2O)C1. The highest BCUT2D eigenvalue weighted by Gasteiger charge is 2.23. The van der Waals surface area contributed by atoms with Gasteiger partial charge < -0.3 is 10.2 Å². The van der Waals surface area contributed by atoms with E-state index in [1.54, 1.807) is 12.1 Å². The molecular weight excluding hydrogens is 216 g/mol. The van der Waals surface area contributed by atoms with Crippen molar-refractivity contribution in [3.05, 3.63) is 23.8 Å². The summed E-state index contributed by atoms with van der Waals surface area (Å²) in [6.07, 6.45) is 3.00. The normalized spacial score (nSPS) is 19.4. The summed E-state index contributed by atoms with van der Waals surface area (Å²) in [6.45, 7) is 4.00. The van der Waals surface area contributed by atoms with E-state index in [9.17, 15) is 9.90 Å². The van der Waals surface area contributed by atoms with E-state index >= 15 is 0 Å². The molecule has 1 aromatic carbocycles. The molecule has 0 radical (unpaired) electrons. The van der Waals surface area contributed by atoms with E-state index in [4.69, 9.17) is 5.11 Å². The first-order valence-corrected chi connectivity index (χ1v) is 6.20. The highest BCUT2D eigenvalue weighted by molar-refractivity contribution is 5.80. The molecule has 0 spiro atoms. The van der Waals surface area contributed by atoms with Gasteiger partial charge in [-0.05, 0) is 30.4 Å². The van der Waals surface area contributed by atoms with Crippen molar-refractivity contribution in [1.82, 2.24) is 0 Å². The Morgan fingerprint density at radius 2 is 1.94 bits per heavy atom. The number of Topliss-reactive ketones (excluding diaryl/α,β-unsaturated/α-hetero) is 1. The van der Waals surface area contributed by atoms with Gasteiger partial charge in [-0.2, -0.15) is 0 Å². The second-order valence-electron chi connectivity index (χ2n) is 4.08. The molecule has 1 unspecified atom stereocenters. The van der Waals surface area contributed by atoms with Crippen LogP contribution in [-0.4, -0.2) is 16.0 Å². The third kappa shape index (κ3) is 3.48. The number of carbonyl (C=O) groups is 1. The molecule has 1 aromatic rings. The molecule has 0 aliphatic heterocycles. The lowest BCUT2D eigenvalue weighted by atomic mass is 9.83. The van der Waals surface area contributed by atoms with Crippen molar-refractivity contribution in [1.29, 1.82) is 0 Å². The molecule has 2 rings (SSSR count). The van der Waals surface area contributed by atoms with Crippen LogP contribution >= 0.6 is 0 Å². The van der Waals surface area contributed by atoms with Crippen molar-refractivity contribution in [3.63, 3.8) is 0 Å². The average molecular weight is 236 g/mol. The zero-order valence-electron chi connectivity index (χ0n) is 10.4. The lowest BCUT2D eigenvalue weighted by molar-refractivity contribution is -0.120. The van der Waals surface area contributed by atoms with Gasteiger partial charge in [-0.1, -0.05) is 19.9 Å². The van der Waals surface area contributed by atoms with Gasteiger partial charge in [0.1, 0.15) is 17.3 Å². The van der Waals surface area contributed by atoms with Gasteiger partial charge in [0.05, 0.1) is 0 Å². The number of rotatable bonds is 1. The van der Waals surface area contributed by atoms with Crippen molar-refractivity contribution < 1.29 is 15.0 Å². The maximum Gasteiger partial charge on any atom is 0.133 e. The smallest absolute Gasteiger partial charge is 0.133 e. The Bertz CT molecular complexity index is 385. The summed E-state index contributed by atoms with van der Waals surface area (Å²) in [6, 6.07) is 4.58. The standard InChI is InChI=1S/C12H14O3.C2H6/c13-9-3-1-2-8(6-9)11-5-4-10(14)7-12(11)15;1-2/h4-5,7-8,14-15H,1-3,6H2;1-2H3. The Morgan fingerprint density at radius 1 is 1.24 bits per heavy atom. The number of aromatic hydroxyl groups is 2. The predicted molar refractivity (Wildman–Crippen MR) is 67.3 cm³/mol. The highest BCUT2D eigenvalue weighted by atomic mass is 16.3. The fourth-order valence-corrected chi connectivity index (χ4v) is 2.17. The van der Waals surface area contributed by atoms with Crippen LogP contribution in [0.5, 0.6) is 11.5 Å². The molecule has 2 N–H and O–H groups in total. The maximum atomic E-state index is 11.3. The van der Waals surface area contributed by atoms with E-state index in [0.29, 0.717) is 12.8 Å². The van der Waals surface area contributed by atoms with Gasteiger partial charge in [0, 0.05) is 18.9 Å². The van der Waals surface area contributed by atoms with Crippen molar-refractivity contribution in [2.24, 2.45) is 0 Å². The van der Waals surface area contributed by atoms with E-state index in [1.807, 2.05) is 13.8 Å². The molecule has 0 saturated heterocycles. The Hall–Kier alpha value is -1.51. The van der Waals surface area contributed by atoms with Gasteiger partial charge >= 0.3 is 0 Å². The molecule has 94 valence electrons. The molecule has 0 aromatic heterocycles. The summed E-state index contributed by atoms with van der Waals surface area (Å²) in [7, 11) is 0. The number of ketones is 1. The van der Waals surface area contributed by atoms with Crippen molar-refractivity contribution >= 4 is 5.78 Å². The predicted octanol–water partition coefficient (Wildman–Crippen LogP) is 3.35. The van der Waals surface area contributed by atoms with E-state index in [1.165, 1.54) is 6.07 Å². The minimum Gasteiger partial charge on any atom is -0.508 e. The molecule has 1 saturated carbocycles. The fraction of sp³-hybridized carbons (Fsp3) is 0.500. The molecule has 3 heteroatoms. The highest BCUT2D eigenvalue weighted by Crippen LogP contribution is 2.36. The molecule has 3 nitrogen and oxygen atoms in total. The largest absolute Gasteiger partial charge is 0.508 e. The Morgan fingerprint density at radius 3 is 2.53 bits per heavy atom. The van der Waals surface area contributed by atoms with Crippen LogP contribution in [0.1, 0.15) is 51.0 Å². The van der Waals surface area contributed by atoms with Crippen molar-refractivity contribution in [2.75, 3.05) is 0 Å². The fourth-order valence-electron chi connectivity index (χ4n) is 2.17. The summed E-state index contributed by atoms with van der Waals surface area (Å²) in [5, 5.41) is 18.8. The van der Waals surface area contributed by atoms with E-state index in [0.717, 1.165) is 18.4 Å². The van der Waals surface area contributed by atoms with Gasteiger partial charge in [0.2, 0.25) is 0 Å². The molecule has 1 aliphatic carbocycles. The summed E-state index contributed by atoms with van der Waals surface area (Å²) in [4.78, 5) is 11.3. The van der Waals surface area contributed by atoms with Gasteiger partial charge in [-0.3, -0.25) is 4.79 Å². The molecule has 0 heterocycles. The van der Waals surface area contributed by atoms with Crippen molar-refractivity contribution in [2.45, 2.75) is 45.4 Å². The summed E-state index contributed by atoms with van der Waals surface area (Å²) in [5.41, 5.74) is 0.779. The number of hydrogen-bond donors (Lipinski definition) is 2. The van der Waals surface area contributed by atoms with Crippen LogP contribution < -0.4 is 0 Å². The number of hydrogen-bond acceptors (Lipinski definition) is 3. The van der Waals surface area contributed by atoms with Crippen LogP contribution in [0.15, 0.2) is 18.2 Å². The first kappa shape index (κ1) is 13.6. The molecule has 1 aliphatic rings. The minimum atomic E-state index is 0.0541. The third-order valence-electron chi connectivity index (χ3n) is 2.94. The van der Waals surface area contributed by atoms with Gasteiger partial charge in [0.25, 0.3) is 0 Å². The molecule has 1 atom stereocenters. The molecule has 17 heavy (non-hydrogen) atoms. The first-order chi connectivity index (χ1) is 8.16. The van der Waals surface area contributed by atoms with Crippen LogP contribution in [0.4, 0.5) is 0 Å². The zero-order chi connectivity index (χ0) is 12.8. The number of benzene rings is 1. The summed E-state index contributed by atoms with van der Waals surface area (Å²) in [5.74, 6) is 0.527. The second kappa shape index (κ2) is 6.28. The minimum absolute atomic E-state index is 0.0541. The Kier molecular flexibility index (Phi) is 5.01. The number of carbonyl (C=O) groups excluding carboxylic acids is 1. The van der Waals surface area contributed by atoms with Crippen LogP contribution in [0.2, 0.25) is 0 Å². The number of phenolic OH excluding ortho intramolecular Hbond substituents is 2. The van der Waals surface area contributed by atoms with Gasteiger partial charge in [-0.25, -0.2) is 0 Å². The maximum absolute atomic E-state index is 11.3. The Balaban J connectivity index is 0.000000686. The number of phenols is 2. The van der Waals surface area contributed by atoms with Crippen LogP contribution in [-0.2, 0) is 4.79 Å². The molecule has 0 amide bonds. The molecular formula is C14H20O3. The topological polar surface area (TPSA) is 57.5 Å². The van der Waals surface area contributed by atoms with Crippen LogP contribution in [0.3, 0.4) is 0 Å². The lowest BCUT2D eigenvalue weighted by Crippen LogP contribution is -2.13. The van der Waals surface area contributed by atoms with E-state index < -0.39 is 0 Å². The van der Waals surface area contributed by atoms with E-state index in [2.05, 4.69) is 0 Å². The summed E-state index contributed by atoms with van der Waals surface area (Å²) < 4.78 is 0. The van der Waals surface area contributed by atoms with Crippen molar-refractivity contribution in [3.8, 4) is 11.5 Å². The summed E-state index contributed by atoms with van der Waals surface area (Å²) >= 11 is 0. The molecule has 1 fully saturated rings. The average Bonchev–Trinajstić information content (AvgIpc) is 2.31. The zero-order valence-corrected chi connectivity index (χ0v) is 10.4. The lowest BCUT2D eigenvalue weighted by Gasteiger charge is -2.21. The second-order valence-corrected chi connectivity index (χ2v) is 4.08. The van der Waals surface area contributed by atoms with E-state index in [-0.39, 0.29) is 23.2 Å². The van der Waals surface area contributed by atoms with Gasteiger partial charge in [0.15, 0.2) is 0 Å². The third-order valence-corrected chi connectivity index (χ3v) is 2.94. The van der Waals surface area contributed by atoms with Gasteiger partial charge in [-0.15, -0.1) is 0 Å². The quantitative estimate of drug-likeness (QED) is 0.786. The molecule has 0 bridgehead atoms. The first-order valence-electron chi connectivity index (χ1n) is 6.20. The monoisotopic (exact) mass is 236 g/mol. The Labute approximate surface area is 102 Å². The van der Waals surface area contributed by atoms with Crippen LogP contribution in [0.25, 0.3) is 0 Å². The van der Waals surface area contributed by atoms with Crippen LogP contribution in [0, 0.1) is 0 Å².